The fourth-order valence-corrected chi connectivity index (χ4v) is 3.32. The van der Waals surface area contributed by atoms with Gasteiger partial charge in [-0.05, 0) is 18.2 Å². The predicted molar refractivity (Wildman–Crippen MR) is 74.1 cm³/mol. The second-order valence-electron chi connectivity index (χ2n) is 4.05. The number of nitrogens with zero attached hydrogens (tertiary/aromatic N) is 1. The first kappa shape index (κ1) is 16.4. The van der Waals surface area contributed by atoms with Crippen molar-refractivity contribution in [3.05, 3.63) is 23.8 Å². The highest BCUT2D eigenvalue weighted by atomic mass is 32.2. The van der Waals surface area contributed by atoms with Crippen molar-refractivity contribution in [2.45, 2.75) is 11.8 Å². The molecule has 0 aliphatic rings. The van der Waals surface area contributed by atoms with E-state index in [1.54, 1.807) is 6.92 Å². The van der Waals surface area contributed by atoms with Gasteiger partial charge < -0.3 is 15.6 Å². The van der Waals surface area contributed by atoms with Crippen LogP contribution < -0.4 is 5.73 Å². The summed E-state index contributed by atoms with van der Waals surface area (Å²) < 4.78 is 31.0. The Morgan fingerprint density at radius 3 is 2.60 bits per heavy atom. The molecule has 112 valence electrons. The SMILES string of the molecule is CCN(CCOC)S(=O)(=O)c1ccc(N)cc1C(=O)O. The van der Waals surface area contributed by atoms with E-state index in [1.165, 1.54) is 19.2 Å². The van der Waals surface area contributed by atoms with Gasteiger partial charge in [-0.15, -0.1) is 0 Å². The van der Waals surface area contributed by atoms with Crippen LogP contribution in [0.3, 0.4) is 0 Å². The first-order valence-corrected chi connectivity index (χ1v) is 7.40. The number of aromatic carboxylic acids is 1. The van der Waals surface area contributed by atoms with Crippen molar-refractivity contribution in [3.63, 3.8) is 0 Å². The molecule has 0 heterocycles. The van der Waals surface area contributed by atoms with Gasteiger partial charge in [0.15, 0.2) is 0 Å². The first-order chi connectivity index (χ1) is 9.34. The molecule has 1 rings (SSSR count). The molecule has 0 aliphatic heterocycles. The van der Waals surface area contributed by atoms with Crippen molar-refractivity contribution in [1.29, 1.82) is 0 Å². The van der Waals surface area contributed by atoms with Gasteiger partial charge in [-0.1, -0.05) is 6.92 Å². The number of carbonyl (C=O) groups is 1. The minimum absolute atomic E-state index is 0.152. The van der Waals surface area contributed by atoms with Crippen molar-refractivity contribution in [2.75, 3.05) is 32.5 Å². The van der Waals surface area contributed by atoms with Crippen molar-refractivity contribution in [1.82, 2.24) is 4.31 Å². The van der Waals surface area contributed by atoms with E-state index >= 15 is 0 Å². The van der Waals surface area contributed by atoms with Gasteiger partial charge in [-0.25, -0.2) is 13.2 Å². The van der Waals surface area contributed by atoms with Gasteiger partial charge in [-0.2, -0.15) is 4.31 Å². The molecular weight excluding hydrogens is 284 g/mol. The van der Waals surface area contributed by atoms with Crippen molar-refractivity contribution in [2.24, 2.45) is 0 Å². The fourth-order valence-electron chi connectivity index (χ4n) is 1.72. The number of methoxy groups -OCH3 is 1. The van der Waals surface area contributed by atoms with Crippen LogP contribution in [-0.2, 0) is 14.8 Å². The molecule has 0 aromatic heterocycles. The van der Waals surface area contributed by atoms with E-state index in [0.717, 1.165) is 10.4 Å². The maximum Gasteiger partial charge on any atom is 0.337 e. The largest absolute Gasteiger partial charge is 0.478 e. The lowest BCUT2D eigenvalue weighted by Crippen LogP contribution is -2.34. The summed E-state index contributed by atoms with van der Waals surface area (Å²) in [4.78, 5) is 10.9. The predicted octanol–water partition coefficient (Wildman–Crippen LogP) is 0.624. The molecule has 0 atom stereocenters. The standard InChI is InChI=1S/C12H18N2O5S/c1-3-14(6-7-19-2)20(17,18)11-5-4-9(13)8-10(11)12(15)16/h4-5,8H,3,6-7,13H2,1-2H3,(H,15,16). The van der Waals surface area contributed by atoms with E-state index in [4.69, 9.17) is 15.6 Å². The third kappa shape index (κ3) is 3.47. The highest BCUT2D eigenvalue weighted by molar-refractivity contribution is 7.89. The first-order valence-electron chi connectivity index (χ1n) is 5.96. The zero-order valence-corrected chi connectivity index (χ0v) is 12.2. The number of rotatable bonds is 7. The zero-order chi connectivity index (χ0) is 15.3. The van der Waals surface area contributed by atoms with E-state index in [0.29, 0.717) is 0 Å². The fraction of sp³-hybridized carbons (Fsp3) is 0.417. The van der Waals surface area contributed by atoms with Crippen LogP contribution in [0.25, 0.3) is 0 Å². The lowest BCUT2D eigenvalue weighted by Gasteiger charge is -2.21. The Hall–Kier alpha value is -1.64. The van der Waals surface area contributed by atoms with Crippen LogP contribution in [0.5, 0.6) is 0 Å². The number of anilines is 1. The quantitative estimate of drug-likeness (QED) is 0.715. The number of carboxylic acid groups (broad SMARTS) is 1. The lowest BCUT2D eigenvalue weighted by molar-refractivity contribution is 0.0692. The molecule has 0 amide bonds. The summed E-state index contributed by atoms with van der Waals surface area (Å²) in [7, 11) is -2.43. The van der Waals surface area contributed by atoms with Crippen LogP contribution in [0.4, 0.5) is 5.69 Å². The van der Waals surface area contributed by atoms with E-state index < -0.39 is 16.0 Å². The number of hydrogen-bond donors (Lipinski definition) is 2. The average molecular weight is 302 g/mol. The molecule has 20 heavy (non-hydrogen) atoms. The van der Waals surface area contributed by atoms with Crippen molar-refractivity contribution < 1.29 is 23.1 Å². The number of nitrogens with two attached hydrogens (primary N) is 1. The van der Waals surface area contributed by atoms with Crippen molar-refractivity contribution in [3.8, 4) is 0 Å². The molecule has 0 spiro atoms. The normalized spacial score (nSPS) is 11.8. The monoisotopic (exact) mass is 302 g/mol. The van der Waals surface area contributed by atoms with Crippen LogP contribution in [0, 0.1) is 0 Å². The van der Waals surface area contributed by atoms with Gasteiger partial charge in [0.25, 0.3) is 0 Å². The summed E-state index contributed by atoms with van der Waals surface area (Å²) in [6, 6.07) is 3.71. The molecule has 1 aromatic carbocycles. The molecule has 3 N–H and O–H groups in total. The molecule has 0 bridgehead atoms. The number of ether oxygens (including phenoxy) is 1. The maximum atomic E-state index is 12.5. The topological polar surface area (TPSA) is 110 Å². The summed E-state index contributed by atoms with van der Waals surface area (Å²) >= 11 is 0. The maximum absolute atomic E-state index is 12.5. The Bertz CT molecular complexity index is 586. The Labute approximate surface area is 118 Å². The van der Waals surface area contributed by atoms with Gasteiger partial charge in [0, 0.05) is 25.9 Å². The molecule has 8 heteroatoms. The van der Waals surface area contributed by atoms with Gasteiger partial charge >= 0.3 is 5.97 Å². The van der Waals surface area contributed by atoms with Gasteiger partial charge in [0.2, 0.25) is 10.0 Å². The molecular formula is C12H18N2O5S. The van der Waals surface area contributed by atoms with E-state index in [1.807, 2.05) is 0 Å². The number of benzene rings is 1. The van der Waals surface area contributed by atoms with Crippen LogP contribution in [0.15, 0.2) is 23.1 Å². The molecule has 0 unspecified atom stereocenters. The van der Waals surface area contributed by atoms with Crippen LogP contribution >= 0.6 is 0 Å². The number of nitrogen functional groups attached to an aromatic ring is 1. The smallest absolute Gasteiger partial charge is 0.337 e. The van der Waals surface area contributed by atoms with Gasteiger partial charge in [0.1, 0.15) is 0 Å². The van der Waals surface area contributed by atoms with E-state index in [9.17, 15) is 13.2 Å². The number of likely N-dealkylation sites (N-methyl/N-ethyl adjacent to an activating group) is 1. The van der Waals surface area contributed by atoms with Gasteiger partial charge in [-0.3, -0.25) is 0 Å². The second-order valence-corrected chi connectivity index (χ2v) is 5.96. The van der Waals surface area contributed by atoms with Gasteiger partial charge in [0.05, 0.1) is 17.1 Å². The second kappa shape index (κ2) is 6.69. The third-order valence-corrected chi connectivity index (χ3v) is 4.78. The molecule has 0 saturated heterocycles. The number of hydrogen-bond acceptors (Lipinski definition) is 5. The Kier molecular flexibility index (Phi) is 5.49. The Morgan fingerprint density at radius 2 is 2.10 bits per heavy atom. The molecule has 0 aliphatic carbocycles. The summed E-state index contributed by atoms with van der Waals surface area (Å²) in [5.41, 5.74) is 5.37. The Morgan fingerprint density at radius 1 is 1.45 bits per heavy atom. The summed E-state index contributed by atoms with van der Waals surface area (Å²) in [5, 5.41) is 9.12. The summed E-state index contributed by atoms with van der Waals surface area (Å²) in [5.74, 6) is -1.33. The molecule has 0 radical (unpaired) electrons. The highest BCUT2D eigenvalue weighted by Crippen LogP contribution is 2.22. The van der Waals surface area contributed by atoms with Crippen LogP contribution in [0.2, 0.25) is 0 Å². The Balaban J connectivity index is 3.30. The van der Waals surface area contributed by atoms with Crippen LogP contribution in [-0.4, -0.2) is 50.6 Å². The minimum Gasteiger partial charge on any atom is -0.478 e. The zero-order valence-electron chi connectivity index (χ0n) is 11.4. The van der Waals surface area contributed by atoms with Crippen LogP contribution in [0.1, 0.15) is 17.3 Å². The highest BCUT2D eigenvalue weighted by Gasteiger charge is 2.28. The average Bonchev–Trinajstić information content (AvgIpc) is 2.38. The molecule has 7 nitrogen and oxygen atoms in total. The molecule has 0 fully saturated rings. The number of sulfonamides is 1. The van der Waals surface area contributed by atoms with E-state index in [2.05, 4.69) is 0 Å². The third-order valence-electron chi connectivity index (χ3n) is 2.75. The van der Waals surface area contributed by atoms with E-state index in [-0.39, 0.29) is 35.8 Å². The molecule has 1 aromatic rings. The molecule has 0 saturated carbocycles. The lowest BCUT2D eigenvalue weighted by atomic mass is 10.2. The summed E-state index contributed by atoms with van der Waals surface area (Å²) in [6.07, 6.45) is 0. The summed E-state index contributed by atoms with van der Waals surface area (Å²) in [6.45, 7) is 2.27. The minimum atomic E-state index is -3.90. The number of carboxylic acids is 1. The van der Waals surface area contributed by atoms with Crippen molar-refractivity contribution >= 4 is 21.7 Å².